The van der Waals surface area contributed by atoms with E-state index in [1.807, 2.05) is 0 Å². The number of benzene rings is 2. The van der Waals surface area contributed by atoms with E-state index in [0.717, 1.165) is 6.07 Å². The monoisotopic (exact) mass is 537 g/mol. The van der Waals surface area contributed by atoms with Crippen molar-refractivity contribution in [1.29, 1.82) is 0 Å². The molecule has 0 heterocycles. The van der Waals surface area contributed by atoms with Crippen LogP contribution in [0.4, 0.5) is 43.9 Å². The standard InChI is InChI=1S/C22H21F10NO3/c23-19(24)33(21(27,28)29)11-10-17(35-20(25)26)13-34-18-7-2-1-5-15(18)9-8-14-4-3-6-16(12-14)36-22(30,31)32/h1-7,12,17,19-20H,8-11,13H2. The van der Waals surface area contributed by atoms with Crippen molar-refractivity contribution in [1.82, 2.24) is 4.90 Å². The highest BCUT2D eigenvalue weighted by atomic mass is 19.4. The molecule has 1 atom stereocenters. The van der Waals surface area contributed by atoms with E-state index in [0.29, 0.717) is 11.1 Å². The quantitative estimate of drug-likeness (QED) is 0.208. The summed E-state index contributed by atoms with van der Waals surface area (Å²) in [4.78, 5) is -1.11. The average molecular weight is 537 g/mol. The molecule has 4 nitrogen and oxygen atoms in total. The molecule has 0 aliphatic rings. The second-order valence-electron chi connectivity index (χ2n) is 7.36. The van der Waals surface area contributed by atoms with Gasteiger partial charge < -0.3 is 14.2 Å². The van der Waals surface area contributed by atoms with Crippen LogP contribution in [-0.4, -0.2) is 50.0 Å². The maximum atomic E-state index is 12.7. The van der Waals surface area contributed by atoms with Gasteiger partial charge >= 0.3 is 25.8 Å². The molecule has 0 aliphatic heterocycles. The largest absolute Gasteiger partial charge is 0.573 e. The number of hydrogen-bond acceptors (Lipinski definition) is 4. The smallest absolute Gasteiger partial charge is 0.491 e. The summed E-state index contributed by atoms with van der Waals surface area (Å²) in [6.07, 6.45) is -12.2. The van der Waals surface area contributed by atoms with Gasteiger partial charge in [-0.05, 0) is 48.6 Å². The van der Waals surface area contributed by atoms with Crippen LogP contribution in [0.25, 0.3) is 0 Å². The molecule has 2 aromatic rings. The van der Waals surface area contributed by atoms with Crippen molar-refractivity contribution in [2.24, 2.45) is 0 Å². The Morgan fingerprint density at radius 3 is 2.14 bits per heavy atom. The van der Waals surface area contributed by atoms with Crippen LogP contribution in [0.1, 0.15) is 17.5 Å². The topological polar surface area (TPSA) is 30.9 Å². The van der Waals surface area contributed by atoms with Crippen LogP contribution in [0, 0.1) is 0 Å². The summed E-state index contributed by atoms with van der Waals surface area (Å²) < 4.78 is 140. The Bertz CT molecular complexity index is 937. The highest BCUT2D eigenvalue weighted by Gasteiger charge is 2.42. The molecule has 0 N–H and O–H groups in total. The molecule has 0 aromatic heterocycles. The van der Waals surface area contributed by atoms with Crippen molar-refractivity contribution in [3.8, 4) is 11.5 Å². The Hall–Kier alpha value is -2.74. The first-order valence-corrected chi connectivity index (χ1v) is 10.3. The van der Waals surface area contributed by atoms with Crippen LogP contribution in [-0.2, 0) is 17.6 Å². The SMILES string of the molecule is FC(F)OC(CCN(C(F)F)C(F)(F)F)COc1ccccc1CCc1cccc(OC(F)(F)F)c1. The predicted molar refractivity (Wildman–Crippen MR) is 107 cm³/mol. The number of para-hydroxylation sites is 1. The second-order valence-corrected chi connectivity index (χ2v) is 7.36. The van der Waals surface area contributed by atoms with Crippen LogP contribution in [0.3, 0.4) is 0 Å². The molecule has 36 heavy (non-hydrogen) atoms. The summed E-state index contributed by atoms with van der Waals surface area (Å²) in [7, 11) is 0. The molecule has 0 saturated heterocycles. The minimum Gasteiger partial charge on any atom is -0.491 e. The van der Waals surface area contributed by atoms with E-state index in [1.165, 1.54) is 24.3 Å². The third-order valence-electron chi connectivity index (χ3n) is 4.76. The normalized spacial score (nSPS) is 13.5. The van der Waals surface area contributed by atoms with Gasteiger partial charge in [0.2, 0.25) is 0 Å². The molecule has 0 spiro atoms. The molecule has 0 saturated carbocycles. The van der Waals surface area contributed by atoms with Crippen molar-refractivity contribution in [3.63, 3.8) is 0 Å². The second kappa shape index (κ2) is 13.0. The summed E-state index contributed by atoms with van der Waals surface area (Å²) in [6.45, 7) is -9.24. The minimum atomic E-state index is -5.38. The van der Waals surface area contributed by atoms with Gasteiger partial charge in [-0.15, -0.1) is 13.2 Å². The van der Waals surface area contributed by atoms with E-state index in [9.17, 15) is 43.9 Å². The van der Waals surface area contributed by atoms with E-state index in [4.69, 9.17) is 4.74 Å². The number of alkyl halides is 10. The first kappa shape index (κ1) is 29.5. The average Bonchev–Trinajstić information content (AvgIpc) is 2.74. The number of hydrogen-bond donors (Lipinski definition) is 0. The van der Waals surface area contributed by atoms with E-state index >= 15 is 0 Å². The number of aryl methyl sites for hydroxylation is 2. The Morgan fingerprint density at radius 1 is 0.833 bits per heavy atom. The highest BCUT2D eigenvalue weighted by molar-refractivity contribution is 5.35. The Labute approximate surface area is 199 Å². The van der Waals surface area contributed by atoms with Crippen molar-refractivity contribution in [2.75, 3.05) is 13.2 Å². The predicted octanol–water partition coefficient (Wildman–Crippen LogP) is 6.79. The van der Waals surface area contributed by atoms with Gasteiger partial charge in [0.15, 0.2) is 0 Å². The van der Waals surface area contributed by atoms with Gasteiger partial charge in [0.1, 0.15) is 18.1 Å². The summed E-state index contributed by atoms with van der Waals surface area (Å²) >= 11 is 0. The van der Waals surface area contributed by atoms with Crippen LogP contribution < -0.4 is 9.47 Å². The van der Waals surface area contributed by atoms with Crippen molar-refractivity contribution in [3.05, 3.63) is 59.7 Å². The molecule has 202 valence electrons. The van der Waals surface area contributed by atoms with Gasteiger partial charge in [-0.3, -0.25) is 0 Å². The van der Waals surface area contributed by atoms with Crippen LogP contribution in [0.2, 0.25) is 0 Å². The van der Waals surface area contributed by atoms with Gasteiger partial charge in [0.05, 0.1) is 6.10 Å². The van der Waals surface area contributed by atoms with E-state index < -0.39 is 62.1 Å². The zero-order chi connectivity index (χ0) is 26.9. The Balaban J connectivity index is 2.03. The number of halogens is 10. The molecule has 0 aliphatic carbocycles. The first-order chi connectivity index (χ1) is 16.7. The molecule has 2 aromatic carbocycles. The summed E-state index contributed by atoms with van der Waals surface area (Å²) in [6, 6.07) is 11.4. The fraction of sp³-hybridized carbons (Fsp3) is 0.455. The molecule has 14 heteroatoms. The Morgan fingerprint density at radius 2 is 1.53 bits per heavy atom. The van der Waals surface area contributed by atoms with Crippen molar-refractivity contribution < 1.29 is 58.1 Å². The molecule has 0 bridgehead atoms. The summed E-state index contributed by atoms with van der Waals surface area (Å²) in [5.74, 6) is -0.252. The van der Waals surface area contributed by atoms with Gasteiger partial charge in [-0.1, -0.05) is 30.3 Å². The maximum absolute atomic E-state index is 12.7. The first-order valence-electron chi connectivity index (χ1n) is 10.3. The van der Waals surface area contributed by atoms with Gasteiger partial charge in [0, 0.05) is 6.54 Å². The molecular weight excluding hydrogens is 516 g/mol. The number of rotatable bonds is 13. The number of ether oxygens (including phenoxy) is 3. The molecular formula is C22H21F10NO3. The fourth-order valence-corrected chi connectivity index (χ4v) is 3.17. The van der Waals surface area contributed by atoms with Gasteiger partial charge in [0.25, 0.3) is 0 Å². The molecule has 0 fully saturated rings. The lowest BCUT2D eigenvalue weighted by atomic mass is 10.0. The lowest BCUT2D eigenvalue weighted by Crippen LogP contribution is -2.44. The van der Waals surface area contributed by atoms with E-state index in [2.05, 4.69) is 9.47 Å². The van der Waals surface area contributed by atoms with E-state index in [1.54, 1.807) is 18.2 Å². The fourth-order valence-electron chi connectivity index (χ4n) is 3.17. The van der Waals surface area contributed by atoms with Crippen LogP contribution in [0.15, 0.2) is 48.5 Å². The summed E-state index contributed by atoms with van der Waals surface area (Å²) in [5.41, 5.74) is 1.00. The maximum Gasteiger partial charge on any atom is 0.573 e. The Kier molecular flexibility index (Phi) is 10.6. The minimum absolute atomic E-state index is 0.157. The summed E-state index contributed by atoms with van der Waals surface area (Å²) in [5, 5.41) is 0. The zero-order valence-electron chi connectivity index (χ0n) is 18.3. The van der Waals surface area contributed by atoms with Crippen molar-refractivity contribution in [2.45, 2.75) is 51.2 Å². The van der Waals surface area contributed by atoms with Crippen LogP contribution >= 0.6 is 0 Å². The van der Waals surface area contributed by atoms with Gasteiger partial charge in [-0.2, -0.15) is 35.6 Å². The number of nitrogens with zero attached hydrogens (tertiary/aromatic N) is 1. The highest BCUT2D eigenvalue weighted by Crippen LogP contribution is 2.27. The van der Waals surface area contributed by atoms with Gasteiger partial charge in [-0.25, -0.2) is 0 Å². The lowest BCUT2D eigenvalue weighted by molar-refractivity contribution is -0.295. The van der Waals surface area contributed by atoms with Crippen LogP contribution in [0.5, 0.6) is 11.5 Å². The molecule has 0 radical (unpaired) electrons. The van der Waals surface area contributed by atoms with Crippen molar-refractivity contribution >= 4 is 0 Å². The third-order valence-corrected chi connectivity index (χ3v) is 4.76. The third kappa shape index (κ3) is 10.5. The molecule has 1 unspecified atom stereocenters. The molecule has 2 rings (SSSR count). The van der Waals surface area contributed by atoms with E-state index in [-0.39, 0.29) is 18.6 Å². The zero-order valence-corrected chi connectivity index (χ0v) is 18.3. The lowest BCUT2D eigenvalue weighted by Gasteiger charge is -2.26. The molecule has 0 amide bonds.